The van der Waals surface area contributed by atoms with E-state index in [1.165, 1.54) is 0 Å². The zero-order valence-electron chi connectivity index (χ0n) is 4.74. The second-order valence-electron chi connectivity index (χ2n) is 1.59. The van der Waals surface area contributed by atoms with Gasteiger partial charge in [0.2, 0.25) is 0 Å². The summed E-state index contributed by atoms with van der Waals surface area (Å²) < 4.78 is -0.333. The van der Waals surface area contributed by atoms with Gasteiger partial charge >= 0.3 is 5.54 Å². The average molecular weight is 222 g/mol. The average Bonchev–Trinajstić information content (AvgIpc) is 1.63. The smallest absolute Gasteiger partial charge is 0.172 e. The molecule has 2 radical (unpaired) electrons. The molecule has 0 aliphatic rings. The standard InChI is InChI=1S/C3H5BCl4Si/c1-2(4(7)8)9-3(5)6/h2-3H,1H3. The van der Waals surface area contributed by atoms with Crippen molar-refractivity contribution in [3.8, 4) is 0 Å². The molecule has 52 valence electrons. The molecule has 1 atom stereocenters. The summed E-state index contributed by atoms with van der Waals surface area (Å²) in [6.07, 6.45) is 0. The van der Waals surface area contributed by atoms with Crippen molar-refractivity contribution >= 4 is 61.2 Å². The van der Waals surface area contributed by atoms with Gasteiger partial charge in [0, 0.05) is 0 Å². The highest BCUT2D eigenvalue weighted by molar-refractivity contribution is 7.36. The minimum absolute atomic E-state index is 0.188. The van der Waals surface area contributed by atoms with Crippen LogP contribution >= 0.6 is 46.1 Å². The number of hydrogen-bond acceptors (Lipinski definition) is 0. The Balaban J connectivity index is 3.38. The van der Waals surface area contributed by atoms with Gasteiger partial charge < -0.3 is 0 Å². The van der Waals surface area contributed by atoms with E-state index in [2.05, 4.69) is 0 Å². The summed E-state index contributed by atoms with van der Waals surface area (Å²) in [5, 5.41) is 0. The van der Waals surface area contributed by atoms with Gasteiger partial charge in [0.25, 0.3) is 0 Å². The number of halogens is 4. The predicted molar refractivity (Wildman–Crippen MR) is 48.1 cm³/mol. The quantitative estimate of drug-likeness (QED) is 0.508. The van der Waals surface area contributed by atoms with Crippen LogP contribution in [-0.2, 0) is 0 Å². The molecule has 0 rings (SSSR count). The summed E-state index contributed by atoms with van der Waals surface area (Å²) in [4.78, 5) is 0. The van der Waals surface area contributed by atoms with Crippen molar-refractivity contribution in [1.29, 1.82) is 0 Å². The van der Waals surface area contributed by atoms with E-state index in [0.717, 1.165) is 0 Å². The lowest BCUT2D eigenvalue weighted by atomic mass is 10.0. The minimum Gasteiger partial charge on any atom is -0.172 e. The first-order chi connectivity index (χ1) is 4.04. The summed E-state index contributed by atoms with van der Waals surface area (Å²) in [5.41, 5.74) is -0.170. The third-order valence-electron chi connectivity index (χ3n) is 0.767. The normalized spacial score (nSPS) is 14.0. The van der Waals surface area contributed by atoms with Crippen molar-refractivity contribution in [3.63, 3.8) is 0 Å². The minimum atomic E-state index is -0.358. The molecule has 0 aromatic carbocycles. The van der Waals surface area contributed by atoms with Gasteiger partial charge in [0.15, 0.2) is 0 Å². The first-order valence-electron chi connectivity index (χ1n) is 2.36. The molecule has 0 saturated carbocycles. The van der Waals surface area contributed by atoms with Crippen LogP contribution in [0.15, 0.2) is 0 Å². The lowest BCUT2D eigenvalue weighted by molar-refractivity contribution is 1.31. The molecule has 0 bridgehead atoms. The Bertz CT molecular complexity index is 78.2. The van der Waals surface area contributed by atoms with E-state index in [4.69, 9.17) is 46.1 Å². The number of rotatable bonds is 3. The first kappa shape index (κ1) is 10.4. The molecule has 0 saturated heterocycles. The van der Waals surface area contributed by atoms with Gasteiger partial charge in [-0.1, -0.05) is 6.92 Å². The van der Waals surface area contributed by atoms with Crippen LogP contribution in [0.3, 0.4) is 0 Å². The Labute approximate surface area is 77.9 Å². The van der Waals surface area contributed by atoms with Crippen LogP contribution in [0.1, 0.15) is 6.92 Å². The molecular formula is C3H5BCl4Si. The van der Waals surface area contributed by atoms with Crippen LogP contribution in [0.2, 0.25) is 5.44 Å². The molecular weight excluding hydrogens is 217 g/mol. The summed E-state index contributed by atoms with van der Waals surface area (Å²) >= 11 is 22.0. The SMILES string of the molecule is CC([Si]C(Cl)Cl)B(Cl)Cl. The third kappa shape index (κ3) is 5.87. The molecule has 0 fully saturated rings. The molecule has 0 N–H and O–H groups in total. The summed E-state index contributed by atoms with van der Waals surface area (Å²) in [6, 6.07) is 0. The fourth-order valence-electron chi connectivity index (χ4n) is 0.271. The molecule has 0 aromatic heterocycles. The zero-order chi connectivity index (χ0) is 7.44. The topological polar surface area (TPSA) is 0 Å². The molecule has 6 heteroatoms. The highest BCUT2D eigenvalue weighted by Gasteiger charge is 2.19. The van der Waals surface area contributed by atoms with Gasteiger partial charge in [0.1, 0.15) is 0 Å². The molecule has 0 spiro atoms. The molecule has 0 aliphatic carbocycles. The summed E-state index contributed by atoms with van der Waals surface area (Å²) in [7, 11) is 0.410. The van der Waals surface area contributed by atoms with Gasteiger partial charge in [-0.05, 0) is 5.44 Å². The van der Waals surface area contributed by atoms with Crippen molar-refractivity contribution < 1.29 is 0 Å². The van der Waals surface area contributed by atoms with E-state index in [0.29, 0.717) is 9.52 Å². The fraction of sp³-hybridized carbons (Fsp3) is 1.00. The van der Waals surface area contributed by atoms with Crippen molar-refractivity contribution in [2.75, 3.05) is 0 Å². The maximum absolute atomic E-state index is 5.53. The van der Waals surface area contributed by atoms with Gasteiger partial charge in [-0.3, -0.25) is 0 Å². The van der Waals surface area contributed by atoms with Crippen LogP contribution in [0.4, 0.5) is 0 Å². The van der Waals surface area contributed by atoms with E-state index in [1.807, 2.05) is 6.92 Å². The van der Waals surface area contributed by atoms with Gasteiger partial charge in [-0.15, -0.1) is 23.2 Å². The van der Waals surface area contributed by atoms with Crippen LogP contribution < -0.4 is 0 Å². The predicted octanol–water partition coefficient (Wildman–Crippen LogP) is 2.77. The number of alkyl halides is 2. The first-order valence-corrected chi connectivity index (χ1v) is 5.26. The van der Waals surface area contributed by atoms with E-state index in [9.17, 15) is 0 Å². The van der Waals surface area contributed by atoms with E-state index >= 15 is 0 Å². The second kappa shape index (κ2) is 5.14. The second-order valence-corrected chi connectivity index (χ2v) is 6.40. The molecule has 9 heavy (non-hydrogen) atoms. The molecule has 1 unspecified atom stereocenters. The van der Waals surface area contributed by atoms with Crippen molar-refractivity contribution in [1.82, 2.24) is 0 Å². The Kier molecular flexibility index (Phi) is 5.96. The van der Waals surface area contributed by atoms with E-state index < -0.39 is 0 Å². The highest BCUT2D eigenvalue weighted by atomic mass is 35.5. The molecule has 0 nitrogen and oxygen atoms in total. The van der Waals surface area contributed by atoms with E-state index in [1.54, 1.807) is 0 Å². The van der Waals surface area contributed by atoms with Crippen LogP contribution in [0, 0.1) is 0 Å². The van der Waals surface area contributed by atoms with Crippen molar-refractivity contribution in [3.05, 3.63) is 0 Å². The zero-order valence-corrected chi connectivity index (χ0v) is 8.77. The van der Waals surface area contributed by atoms with E-state index in [-0.39, 0.29) is 15.4 Å². The number of hydrogen-bond donors (Lipinski definition) is 0. The maximum Gasteiger partial charge on any atom is 0.351 e. The lowest BCUT2D eigenvalue weighted by Gasteiger charge is -2.06. The summed E-state index contributed by atoms with van der Waals surface area (Å²) in [6.45, 7) is 1.92. The van der Waals surface area contributed by atoms with Gasteiger partial charge in [-0.2, -0.15) is 22.9 Å². The van der Waals surface area contributed by atoms with Crippen molar-refractivity contribution in [2.45, 2.75) is 16.8 Å². The molecule has 0 aliphatic heterocycles. The Hall–Kier alpha value is 1.44. The highest BCUT2D eigenvalue weighted by Crippen LogP contribution is 2.18. The Morgan fingerprint density at radius 3 is 1.89 bits per heavy atom. The summed E-state index contributed by atoms with van der Waals surface area (Å²) in [5.74, 6) is 0. The van der Waals surface area contributed by atoms with Crippen LogP contribution in [0.25, 0.3) is 0 Å². The molecule has 0 aromatic rings. The Morgan fingerprint density at radius 2 is 1.78 bits per heavy atom. The molecule has 0 amide bonds. The van der Waals surface area contributed by atoms with Crippen LogP contribution in [-0.4, -0.2) is 19.5 Å². The van der Waals surface area contributed by atoms with Gasteiger partial charge in [-0.25, -0.2) is 0 Å². The fourth-order valence-corrected chi connectivity index (χ4v) is 2.44. The largest absolute Gasteiger partial charge is 0.351 e. The third-order valence-corrected chi connectivity index (χ3v) is 3.81. The monoisotopic (exact) mass is 220 g/mol. The Morgan fingerprint density at radius 1 is 1.33 bits per heavy atom. The molecule has 0 heterocycles. The van der Waals surface area contributed by atoms with Gasteiger partial charge in [0.05, 0.1) is 14.0 Å². The lowest BCUT2D eigenvalue weighted by Crippen LogP contribution is -2.16. The maximum atomic E-state index is 5.53. The van der Waals surface area contributed by atoms with Crippen LogP contribution in [0.5, 0.6) is 0 Å². The van der Waals surface area contributed by atoms with Crippen molar-refractivity contribution in [2.24, 2.45) is 0 Å².